The minimum Gasteiger partial charge on any atom is -0.497 e. The van der Waals surface area contributed by atoms with Crippen molar-refractivity contribution in [1.29, 1.82) is 0 Å². The van der Waals surface area contributed by atoms with Crippen molar-refractivity contribution in [2.24, 2.45) is 0 Å². The Morgan fingerprint density at radius 1 is 1.13 bits per heavy atom. The van der Waals surface area contributed by atoms with Gasteiger partial charge < -0.3 is 4.74 Å². The fraction of sp³-hybridized carbons (Fsp3) is 0.125. The fourth-order valence-electron chi connectivity index (χ4n) is 1.97. The van der Waals surface area contributed by atoms with Gasteiger partial charge in [0.15, 0.2) is 11.6 Å². The molecule has 7 heteroatoms. The maximum atomic E-state index is 13.4. The zero-order valence-electron chi connectivity index (χ0n) is 12.4. The minimum atomic E-state index is -3.95. The van der Waals surface area contributed by atoms with Crippen LogP contribution in [-0.4, -0.2) is 22.1 Å². The van der Waals surface area contributed by atoms with Crippen molar-refractivity contribution in [3.05, 3.63) is 66.8 Å². The molecule has 0 spiro atoms. The van der Waals surface area contributed by atoms with Gasteiger partial charge in [0.2, 0.25) is 0 Å². The standard InChI is InChI=1S/C16H15F2NO3S/c1-3-10-19(12-4-9-15(17)16(18)11-12)23(20,21)14-7-5-13(22-2)6-8-14/h3-9,11H,1,10H2,2H3. The van der Waals surface area contributed by atoms with Crippen LogP contribution in [0.3, 0.4) is 0 Å². The highest BCUT2D eigenvalue weighted by molar-refractivity contribution is 7.92. The predicted molar refractivity (Wildman–Crippen MR) is 84.1 cm³/mol. The molecule has 23 heavy (non-hydrogen) atoms. The van der Waals surface area contributed by atoms with Gasteiger partial charge >= 0.3 is 0 Å². The van der Waals surface area contributed by atoms with Crippen molar-refractivity contribution >= 4 is 15.7 Å². The molecular formula is C16H15F2NO3S. The van der Waals surface area contributed by atoms with Gasteiger partial charge in [-0.1, -0.05) is 6.08 Å². The smallest absolute Gasteiger partial charge is 0.264 e. The predicted octanol–water partition coefficient (Wildman–Crippen LogP) is 3.35. The molecule has 122 valence electrons. The number of halogens is 2. The van der Waals surface area contributed by atoms with E-state index in [1.54, 1.807) is 0 Å². The SMILES string of the molecule is C=CCN(c1ccc(F)c(F)c1)S(=O)(=O)c1ccc(OC)cc1. The van der Waals surface area contributed by atoms with Crippen molar-refractivity contribution < 1.29 is 21.9 Å². The molecule has 0 aliphatic heterocycles. The maximum Gasteiger partial charge on any atom is 0.264 e. The lowest BCUT2D eigenvalue weighted by Gasteiger charge is -2.23. The topological polar surface area (TPSA) is 46.6 Å². The van der Waals surface area contributed by atoms with Crippen LogP contribution in [0, 0.1) is 11.6 Å². The number of hydrogen-bond acceptors (Lipinski definition) is 3. The molecule has 0 radical (unpaired) electrons. The first-order valence-electron chi connectivity index (χ1n) is 6.63. The molecule has 0 saturated carbocycles. The van der Waals surface area contributed by atoms with E-state index < -0.39 is 21.7 Å². The summed E-state index contributed by atoms with van der Waals surface area (Å²) in [4.78, 5) is 0.00452. The molecule has 2 rings (SSSR count). The molecule has 0 aromatic heterocycles. The lowest BCUT2D eigenvalue weighted by Crippen LogP contribution is -2.31. The van der Waals surface area contributed by atoms with Gasteiger partial charge in [0.25, 0.3) is 10.0 Å². The molecule has 2 aromatic rings. The molecule has 0 aliphatic carbocycles. The Morgan fingerprint density at radius 3 is 2.30 bits per heavy atom. The normalized spacial score (nSPS) is 11.1. The van der Waals surface area contributed by atoms with Crippen LogP contribution in [0.5, 0.6) is 5.75 Å². The van der Waals surface area contributed by atoms with E-state index in [0.29, 0.717) is 5.75 Å². The Labute approximate surface area is 133 Å². The Bertz CT molecular complexity index is 805. The Kier molecular flexibility index (Phi) is 5.00. The second kappa shape index (κ2) is 6.78. The Morgan fingerprint density at radius 2 is 1.78 bits per heavy atom. The second-order valence-electron chi connectivity index (χ2n) is 4.60. The van der Waals surface area contributed by atoms with E-state index in [4.69, 9.17) is 4.74 Å². The van der Waals surface area contributed by atoms with Gasteiger partial charge in [-0.25, -0.2) is 17.2 Å². The van der Waals surface area contributed by atoms with Crippen LogP contribution >= 0.6 is 0 Å². The first-order chi connectivity index (χ1) is 10.9. The number of nitrogens with zero attached hydrogens (tertiary/aromatic N) is 1. The third-order valence-corrected chi connectivity index (χ3v) is 4.94. The van der Waals surface area contributed by atoms with Crippen molar-refractivity contribution in [3.8, 4) is 5.75 Å². The molecule has 0 atom stereocenters. The lowest BCUT2D eigenvalue weighted by molar-refractivity contribution is 0.414. The van der Waals surface area contributed by atoms with E-state index in [1.807, 2.05) is 0 Å². The summed E-state index contributed by atoms with van der Waals surface area (Å²) in [7, 11) is -2.49. The zero-order chi connectivity index (χ0) is 17.0. The number of hydrogen-bond donors (Lipinski definition) is 0. The van der Waals surface area contributed by atoms with Crippen molar-refractivity contribution in [3.63, 3.8) is 0 Å². The molecule has 0 unspecified atom stereocenters. The summed E-state index contributed by atoms with van der Waals surface area (Å²) in [5, 5.41) is 0. The van der Waals surface area contributed by atoms with Gasteiger partial charge in [0.05, 0.1) is 24.2 Å². The Hall–Kier alpha value is -2.41. The molecule has 0 heterocycles. The molecular weight excluding hydrogens is 324 g/mol. The van der Waals surface area contributed by atoms with Gasteiger partial charge in [-0.15, -0.1) is 6.58 Å². The number of ether oxygens (including phenoxy) is 1. The summed E-state index contributed by atoms with van der Waals surface area (Å²) in [5.74, 6) is -1.66. The first kappa shape index (κ1) is 17.0. The van der Waals surface area contributed by atoms with E-state index in [0.717, 1.165) is 16.4 Å². The average Bonchev–Trinajstić information content (AvgIpc) is 2.55. The first-order valence-corrected chi connectivity index (χ1v) is 8.07. The lowest BCUT2D eigenvalue weighted by atomic mass is 10.3. The summed E-state index contributed by atoms with van der Waals surface area (Å²) in [6.07, 6.45) is 1.36. The van der Waals surface area contributed by atoms with Gasteiger partial charge in [-0.3, -0.25) is 4.31 Å². The second-order valence-corrected chi connectivity index (χ2v) is 6.46. The average molecular weight is 339 g/mol. The van der Waals surface area contributed by atoms with Gasteiger partial charge in [0, 0.05) is 6.07 Å². The third kappa shape index (κ3) is 3.50. The summed E-state index contributed by atoms with van der Waals surface area (Å²) in [6, 6.07) is 8.68. The van der Waals surface area contributed by atoms with E-state index in [1.165, 1.54) is 43.5 Å². The van der Waals surface area contributed by atoms with Crippen LogP contribution in [0.1, 0.15) is 0 Å². The molecule has 4 nitrogen and oxygen atoms in total. The van der Waals surface area contributed by atoms with E-state index in [9.17, 15) is 17.2 Å². The number of anilines is 1. The molecule has 0 amide bonds. The largest absolute Gasteiger partial charge is 0.497 e. The molecule has 0 bridgehead atoms. The maximum absolute atomic E-state index is 13.4. The summed E-state index contributed by atoms with van der Waals surface area (Å²) in [5.41, 5.74) is 0.0135. The number of benzene rings is 2. The van der Waals surface area contributed by atoms with E-state index in [2.05, 4.69) is 6.58 Å². The summed E-state index contributed by atoms with van der Waals surface area (Å²) < 4.78 is 57.9. The number of rotatable bonds is 6. The van der Waals surface area contributed by atoms with E-state index >= 15 is 0 Å². The van der Waals surface area contributed by atoms with Crippen LogP contribution < -0.4 is 9.04 Å². The zero-order valence-corrected chi connectivity index (χ0v) is 13.2. The highest BCUT2D eigenvalue weighted by Gasteiger charge is 2.24. The van der Waals surface area contributed by atoms with Crippen LogP contribution in [0.15, 0.2) is 60.0 Å². The van der Waals surface area contributed by atoms with Gasteiger partial charge in [0.1, 0.15) is 5.75 Å². The summed E-state index contributed by atoms with van der Waals surface area (Å²) in [6.45, 7) is 3.42. The molecule has 2 aromatic carbocycles. The highest BCUT2D eigenvalue weighted by Crippen LogP contribution is 2.26. The van der Waals surface area contributed by atoms with E-state index in [-0.39, 0.29) is 17.1 Å². The molecule has 0 N–H and O–H groups in total. The highest BCUT2D eigenvalue weighted by atomic mass is 32.2. The van der Waals surface area contributed by atoms with Crippen molar-refractivity contribution in [2.45, 2.75) is 4.90 Å². The monoisotopic (exact) mass is 339 g/mol. The quantitative estimate of drug-likeness (QED) is 0.758. The van der Waals surface area contributed by atoms with Crippen LogP contribution in [0.2, 0.25) is 0 Å². The van der Waals surface area contributed by atoms with Crippen LogP contribution in [0.4, 0.5) is 14.5 Å². The van der Waals surface area contributed by atoms with Crippen molar-refractivity contribution in [1.82, 2.24) is 0 Å². The summed E-state index contributed by atoms with van der Waals surface area (Å²) >= 11 is 0. The third-order valence-electron chi connectivity index (χ3n) is 3.13. The van der Waals surface area contributed by atoms with Crippen molar-refractivity contribution in [2.75, 3.05) is 18.0 Å². The molecule has 0 fully saturated rings. The molecule has 0 aliphatic rings. The fourth-order valence-corrected chi connectivity index (χ4v) is 3.40. The van der Waals surface area contributed by atoms with Crippen LogP contribution in [0.25, 0.3) is 0 Å². The number of methoxy groups -OCH3 is 1. The molecule has 0 saturated heterocycles. The van der Waals surface area contributed by atoms with Crippen LogP contribution in [-0.2, 0) is 10.0 Å². The van der Waals surface area contributed by atoms with Gasteiger partial charge in [-0.05, 0) is 36.4 Å². The Balaban J connectivity index is 2.49. The number of sulfonamides is 1. The minimum absolute atomic E-state index is 0.00452. The van der Waals surface area contributed by atoms with Gasteiger partial charge in [-0.2, -0.15) is 0 Å².